The van der Waals surface area contributed by atoms with Crippen molar-refractivity contribution in [2.75, 3.05) is 43.5 Å². The van der Waals surface area contributed by atoms with Crippen LogP contribution in [0.1, 0.15) is 24.2 Å². The molecule has 0 aliphatic carbocycles. The molecule has 0 saturated heterocycles. The van der Waals surface area contributed by atoms with E-state index < -0.39 is 18.5 Å². The van der Waals surface area contributed by atoms with Gasteiger partial charge in [-0.15, -0.1) is 0 Å². The summed E-state index contributed by atoms with van der Waals surface area (Å²) in [5, 5.41) is 2.63. The summed E-state index contributed by atoms with van der Waals surface area (Å²) in [5.74, 6) is -0.808. The molecule has 29 heavy (non-hydrogen) atoms. The van der Waals surface area contributed by atoms with Gasteiger partial charge in [-0.05, 0) is 38.1 Å². The Balaban J connectivity index is 1.85. The Hall–Kier alpha value is -3.49. The zero-order valence-corrected chi connectivity index (χ0v) is 16.8. The average molecular weight is 399 g/mol. The summed E-state index contributed by atoms with van der Waals surface area (Å²) in [7, 11) is 1.65. The van der Waals surface area contributed by atoms with Crippen LogP contribution in [0.5, 0.6) is 0 Å². The standard InChI is InChI=1S/C20H25N5O4/c1-4-25(5-2)19(28)15-8-6-9-16(12-15)23-17(26)14-29-18(27)13-24(3)20-21-10-7-11-22-20/h6-12H,4-5,13-14H2,1-3H3,(H,23,26). The molecular formula is C20H25N5O4. The molecule has 154 valence electrons. The fraction of sp³-hybridized carbons (Fsp3) is 0.350. The Morgan fingerprint density at radius 2 is 1.76 bits per heavy atom. The Morgan fingerprint density at radius 1 is 1.07 bits per heavy atom. The second kappa shape index (κ2) is 10.7. The van der Waals surface area contributed by atoms with Crippen molar-refractivity contribution >= 4 is 29.4 Å². The third-order valence-corrected chi connectivity index (χ3v) is 4.07. The zero-order valence-electron chi connectivity index (χ0n) is 16.8. The van der Waals surface area contributed by atoms with Crippen molar-refractivity contribution in [1.82, 2.24) is 14.9 Å². The fourth-order valence-electron chi connectivity index (χ4n) is 2.56. The van der Waals surface area contributed by atoms with Crippen molar-refractivity contribution in [1.29, 1.82) is 0 Å². The van der Waals surface area contributed by atoms with Crippen LogP contribution in [-0.2, 0) is 14.3 Å². The van der Waals surface area contributed by atoms with Gasteiger partial charge in [0.15, 0.2) is 6.61 Å². The molecule has 0 saturated carbocycles. The molecule has 9 nitrogen and oxygen atoms in total. The van der Waals surface area contributed by atoms with Gasteiger partial charge >= 0.3 is 5.97 Å². The first-order chi connectivity index (χ1) is 13.9. The molecule has 1 aromatic heterocycles. The maximum Gasteiger partial charge on any atom is 0.326 e. The van der Waals surface area contributed by atoms with Crippen LogP contribution in [0, 0.1) is 0 Å². The van der Waals surface area contributed by atoms with Gasteiger partial charge in [-0.1, -0.05) is 6.07 Å². The predicted octanol–water partition coefficient (Wildman–Crippen LogP) is 1.58. The molecule has 1 heterocycles. The van der Waals surface area contributed by atoms with Gasteiger partial charge in [0.2, 0.25) is 5.95 Å². The molecule has 2 aromatic rings. The van der Waals surface area contributed by atoms with Crippen molar-refractivity contribution < 1.29 is 19.1 Å². The van der Waals surface area contributed by atoms with Gasteiger partial charge in [0.05, 0.1) is 0 Å². The molecule has 0 atom stereocenters. The number of esters is 1. The number of aromatic nitrogens is 2. The van der Waals surface area contributed by atoms with E-state index >= 15 is 0 Å². The van der Waals surface area contributed by atoms with Gasteiger partial charge in [0.1, 0.15) is 6.54 Å². The summed E-state index contributed by atoms with van der Waals surface area (Å²) in [6.45, 7) is 4.49. The van der Waals surface area contributed by atoms with Crippen LogP contribution in [0.2, 0.25) is 0 Å². The average Bonchev–Trinajstić information content (AvgIpc) is 2.74. The molecular weight excluding hydrogens is 374 g/mol. The lowest BCUT2D eigenvalue weighted by Crippen LogP contribution is -2.31. The van der Waals surface area contributed by atoms with Crippen LogP contribution in [0.4, 0.5) is 11.6 Å². The highest BCUT2D eigenvalue weighted by Crippen LogP contribution is 2.13. The maximum atomic E-state index is 12.4. The second-order valence-electron chi connectivity index (χ2n) is 6.17. The molecule has 0 spiro atoms. The zero-order chi connectivity index (χ0) is 21.2. The van der Waals surface area contributed by atoms with Gasteiger partial charge in [0.25, 0.3) is 11.8 Å². The molecule has 1 N–H and O–H groups in total. The van der Waals surface area contributed by atoms with Crippen LogP contribution in [0.25, 0.3) is 0 Å². The first-order valence-electron chi connectivity index (χ1n) is 9.27. The number of nitrogens with one attached hydrogen (secondary N) is 1. The molecule has 0 radical (unpaired) electrons. The molecule has 2 rings (SSSR count). The van der Waals surface area contributed by atoms with E-state index in [0.717, 1.165) is 0 Å². The number of benzene rings is 1. The summed E-state index contributed by atoms with van der Waals surface area (Å²) in [4.78, 5) is 47.7. The Kier molecular flexibility index (Phi) is 8.08. The van der Waals surface area contributed by atoms with Crippen molar-refractivity contribution in [2.45, 2.75) is 13.8 Å². The first-order valence-corrected chi connectivity index (χ1v) is 9.27. The summed E-state index contributed by atoms with van der Waals surface area (Å²) in [5.41, 5.74) is 0.937. The number of hydrogen-bond donors (Lipinski definition) is 1. The van der Waals surface area contributed by atoms with E-state index in [1.165, 1.54) is 4.90 Å². The predicted molar refractivity (Wildman–Crippen MR) is 109 cm³/mol. The minimum absolute atomic E-state index is 0.0921. The van der Waals surface area contributed by atoms with Crippen molar-refractivity contribution in [3.63, 3.8) is 0 Å². The normalized spacial score (nSPS) is 10.2. The number of likely N-dealkylation sites (N-methyl/N-ethyl adjacent to an activating group) is 1. The summed E-state index contributed by atoms with van der Waals surface area (Å²) >= 11 is 0. The topological polar surface area (TPSA) is 105 Å². The number of ether oxygens (including phenoxy) is 1. The fourth-order valence-corrected chi connectivity index (χ4v) is 2.56. The minimum atomic E-state index is -0.583. The van der Waals surface area contributed by atoms with Gasteiger partial charge in [0, 0.05) is 43.8 Å². The lowest BCUT2D eigenvalue weighted by molar-refractivity contribution is -0.145. The maximum absolute atomic E-state index is 12.4. The van der Waals surface area contributed by atoms with E-state index in [0.29, 0.717) is 30.3 Å². The van der Waals surface area contributed by atoms with Crippen molar-refractivity contribution in [2.24, 2.45) is 0 Å². The summed E-state index contributed by atoms with van der Waals surface area (Å²) in [6, 6.07) is 8.32. The van der Waals surface area contributed by atoms with Gasteiger partial charge < -0.3 is 19.9 Å². The monoisotopic (exact) mass is 399 g/mol. The largest absolute Gasteiger partial charge is 0.454 e. The van der Waals surface area contributed by atoms with Gasteiger partial charge in [-0.3, -0.25) is 14.4 Å². The van der Waals surface area contributed by atoms with E-state index in [-0.39, 0.29) is 12.5 Å². The van der Waals surface area contributed by atoms with Crippen LogP contribution >= 0.6 is 0 Å². The Labute approximate surface area is 169 Å². The minimum Gasteiger partial charge on any atom is -0.454 e. The molecule has 0 aliphatic heterocycles. The molecule has 0 unspecified atom stereocenters. The molecule has 0 aliphatic rings. The van der Waals surface area contributed by atoms with Crippen LogP contribution < -0.4 is 10.2 Å². The Morgan fingerprint density at radius 3 is 2.41 bits per heavy atom. The first kappa shape index (κ1) is 21.8. The second-order valence-corrected chi connectivity index (χ2v) is 6.17. The van der Waals surface area contributed by atoms with Crippen molar-refractivity contribution in [3.8, 4) is 0 Å². The number of carbonyl (C=O) groups excluding carboxylic acids is 3. The molecule has 0 fully saturated rings. The molecule has 0 bridgehead atoms. The lowest BCUT2D eigenvalue weighted by Gasteiger charge is -2.19. The van der Waals surface area contributed by atoms with E-state index in [4.69, 9.17) is 4.74 Å². The van der Waals surface area contributed by atoms with E-state index in [1.807, 2.05) is 13.8 Å². The van der Waals surface area contributed by atoms with Gasteiger partial charge in [-0.2, -0.15) is 0 Å². The van der Waals surface area contributed by atoms with Crippen LogP contribution in [-0.4, -0.2) is 65.9 Å². The number of carbonyl (C=O) groups is 3. The highest BCUT2D eigenvalue weighted by atomic mass is 16.5. The number of amides is 2. The number of anilines is 2. The third-order valence-electron chi connectivity index (χ3n) is 4.07. The molecule has 2 amide bonds. The number of nitrogens with zero attached hydrogens (tertiary/aromatic N) is 4. The highest BCUT2D eigenvalue weighted by molar-refractivity contribution is 5.97. The van der Waals surface area contributed by atoms with E-state index in [9.17, 15) is 14.4 Å². The molecule has 9 heteroatoms. The van der Waals surface area contributed by atoms with E-state index in [2.05, 4.69) is 15.3 Å². The summed E-state index contributed by atoms with van der Waals surface area (Å²) < 4.78 is 5.00. The van der Waals surface area contributed by atoms with Crippen LogP contribution in [0.3, 0.4) is 0 Å². The van der Waals surface area contributed by atoms with E-state index in [1.54, 1.807) is 54.7 Å². The smallest absolute Gasteiger partial charge is 0.326 e. The number of rotatable bonds is 9. The van der Waals surface area contributed by atoms with Gasteiger partial charge in [-0.25, -0.2) is 9.97 Å². The van der Waals surface area contributed by atoms with Crippen molar-refractivity contribution in [3.05, 3.63) is 48.3 Å². The third kappa shape index (κ3) is 6.56. The quantitative estimate of drug-likeness (QED) is 0.638. The summed E-state index contributed by atoms with van der Waals surface area (Å²) in [6.07, 6.45) is 3.13. The van der Waals surface area contributed by atoms with Crippen LogP contribution in [0.15, 0.2) is 42.7 Å². The molecule has 1 aromatic carbocycles. The lowest BCUT2D eigenvalue weighted by atomic mass is 10.1. The number of hydrogen-bond acceptors (Lipinski definition) is 7. The highest BCUT2D eigenvalue weighted by Gasteiger charge is 2.15. The SMILES string of the molecule is CCN(CC)C(=O)c1cccc(NC(=O)COC(=O)CN(C)c2ncccn2)c1. The Bertz CT molecular complexity index is 840.